The number of halogens is 2. The summed E-state index contributed by atoms with van der Waals surface area (Å²) in [5.41, 5.74) is 3.21. The van der Waals surface area contributed by atoms with Gasteiger partial charge in [0.2, 0.25) is 0 Å². The zero-order valence-electron chi connectivity index (χ0n) is 15.4. The molecule has 0 radical (unpaired) electrons. The van der Waals surface area contributed by atoms with E-state index in [4.69, 9.17) is 23.2 Å². The van der Waals surface area contributed by atoms with Crippen LogP contribution in [0.25, 0.3) is 16.9 Å². The Morgan fingerprint density at radius 2 is 1.72 bits per heavy atom. The van der Waals surface area contributed by atoms with Crippen molar-refractivity contribution in [3.63, 3.8) is 0 Å². The van der Waals surface area contributed by atoms with E-state index in [9.17, 15) is 4.79 Å². The molecule has 2 heterocycles. The summed E-state index contributed by atoms with van der Waals surface area (Å²) in [6.45, 7) is 1.86. The van der Waals surface area contributed by atoms with Crippen molar-refractivity contribution < 1.29 is 4.79 Å². The molecule has 2 aromatic carbocycles. The molecule has 0 saturated carbocycles. The van der Waals surface area contributed by atoms with Crippen LogP contribution in [0.2, 0.25) is 10.0 Å². The van der Waals surface area contributed by atoms with E-state index in [1.165, 1.54) is 0 Å². The molecular formula is C22H16Cl2N4O. The fourth-order valence-electron chi connectivity index (χ4n) is 2.98. The van der Waals surface area contributed by atoms with Gasteiger partial charge in [0, 0.05) is 17.8 Å². The number of hydrogen-bond donors (Lipinski definition) is 1. The Balaban J connectivity index is 1.70. The number of carbonyl (C=O) groups is 1. The number of rotatable bonds is 4. The summed E-state index contributed by atoms with van der Waals surface area (Å²) in [6.07, 6.45) is 1.67. The number of anilines is 1. The Morgan fingerprint density at radius 3 is 2.45 bits per heavy atom. The van der Waals surface area contributed by atoms with Crippen molar-refractivity contribution in [2.45, 2.75) is 6.92 Å². The summed E-state index contributed by atoms with van der Waals surface area (Å²) < 4.78 is 1.68. The third kappa shape index (κ3) is 4.01. The van der Waals surface area contributed by atoms with E-state index < -0.39 is 0 Å². The molecular weight excluding hydrogens is 407 g/mol. The zero-order chi connectivity index (χ0) is 20.4. The normalized spacial score (nSPS) is 10.7. The van der Waals surface area contributed by atoms with E-state index in [2.05, 4.69) is 15.4 Å². The highest BCUT2D eigenvalue weighted by atomic mass is 35.5. The largest absolute Gasteiger partial charge is 0.306 e. The highest BCUT2D eigenvalue weighted by Crippen LogP contribution is 2.32. The number of aromatic nitrogens is 3. The molecule has 0 aliphatic heterocycles. The van der Waals surface area contributed by atoms with Crippen LogP contribution in [0.3, 0.4) is 0 Å². The highest BCUT2D eigenvalue weighted by Gasteiger charge is 2.18. The van der Waals surface area contributed by atoms with Gasteiger partial charge >= 0.3 is 0 Å². The van der Waals surface area contributed by atoms with Crippen LogP contribution in [0.15, 0.2) is 72.9 Å². The second-order valence-electron chi connectivity index (χ2n) is 6.40. The van der Waals surface area contributed by atoms with Crippen molar-refractivity contribution in [3.05, 3.63) is 94.2 Å². The second kappa shape index (κ2) is 8.07. The molecule has 0 unspecified atom stereocenters. The summed E-state index contributed by atoms with van der Waals surface area (Å²) in [6, 6.07) is 20.1. The van der Waals surface area contributed by atoms with Crippen molar-refractivity contribution in [1.82, 2.24) is 14.8 Å². The van der Waals surface area contributed by atoms with Gasteiger partial charge in [0.05, 0.1) is 32.7 Å². The molecule has 0 bridgehead atoms. The van der Waals surface area contributed by atoms with Crippen LogP contribution < -0.4 is 5.32 Å². The van der Waals surface area contributed by atoms with Crippen molar-refractivity contribution in [3.8, 4) is 16.9 Å². The molecule has 1 amide bonds. The van der Waals surface area contributed by atoms with Crippen LogP contribution >= 0.6 is 23.2 Å². The van der Waals surface area contributed by atoms with Crippen LogP contribution in [-0.4, -0.2) is 20.7 Å². The Labute approximate surface area is 177 Å². The molecule has 4 aromatic rings. The number of benzene rings is 2. The maximum Gasteiger partial charge on any atom is 0.258 e. The zero-order valence-corrected chi connectivity index (χ0v) is 16.9. The molecule has 5 nitrogen and oxygen atoms in total. The Hall–Kier alpha value is -3.15. The average Bonchev–Trinajstić information content (AvgIpc) is 3.09. The Bertz CT molecular complexity index is 1170. The van der Waals surface area contributed by atoms with Crippen LogP contribution in [-0.2, 0) is 0 Å². The molecule has 0 aliphatic carbocycles. The highest BCUT2D eigenvalue weighted by molar-refractivity contribution is 6.38. The van der Waals surface area contributed by atoms with Crippen LogP contribution in [0.4, 0.5) is 5.82 Å². The van der Waals surface area contributed by atoms with Gasteiger partial charge in [0.15, 0.2) is 0 Å². The fraction of sp³-hybridized carbons (Fsp3) is 0.0455. The minimum atomic E-state index is -0.360. The van der Waals surface area contributed by atoms with E-state index >= 15 is 0 Å². The lowest BCUT2D eigenvalue weighted by atomic mass is 10.1. The second-order valence-corrected chi connectivity index (χ2v) is 7.21. The quantitative estimate of drug-likeness (QED) is 0.451. The number of nitrogens with zero attached hydrogens (tertiary/aromatic N) is 3. The Morgan fingerprint density at radius 1 is 0.966 bits per heavy atom. The van der Waals surface area contributed by atoms with E-state index in [-0.39, 0.29) is 10.9 Å². The molecule has 0 atom stereocenters. The number of nitrogens with one attached hydrogen (secondary N) is 1. The van der Waals surface area contributed by atoms with Gasteiger partial charge in [-0.15, -0.1) is 0 Å². The monoisotopic (exact) mass is 422 g/mol. The molecule has 0 aliphatic rings. The van der Waals surface area contributed by atoms with Gasteiger partial charge < -0.3 is 5.32 Å². The molecule has 144 valence electrons. The lowest BCUT2D eigenvalue weighted by Gasteiger charge is -2.12. The SMILES string of the molecule is Cc1cc(NC(=O)c2cc(-c3ccccn3)c(Cl)cc2Cl)n(-c2ccccc2)n1. The first-order valence-corrected chi connectivity index (χ1v) is 9.62. The maximum atomic E-state index is 13.0. The van der Waals surface area contributed by atoms with E-state index in [1.54, 1.807) is 29.1 Å². The van der Waals surface area contributed by atoms with Crippen molar-refractivity contribution in [2.75, 3.05) is 5.32 Å². The standard InChI is InChI=1S/C22H16Cl2N4O/c1-14-11-21(28(27-14)15-7-3-2-4-8-15)26-22(29)17-12-16(18(23)13-19(17)24)20-9-5-6-10-25-20/h2-13H,1H3,(H,26,29). The van der Waals surface area contributed by atoms with Crippen molar-refractivity contribution >= 4 is 34.9 Å². The third-order valence-electron chi connectivity index (χ3n) is 4.32. The lowest BCUT2D eigenvalue weighted by molar-refractivity contribution is 0.102. The number of hydrogen-bond acceptors (Lipinski definition) is 3. The summed E-state index contributed by atoms with van der Waals surface area (Å²) >= 11 is 12.7. The first-order valence-electron chi connectivity index (χ1n) is 8.87. The number of carbonyl (C=O) groups excluding carboxylic acids is 1. The molecule has 2 aromatic heterocycles. The van der Waals surface area contributed by atoms with E-state index in [0.717, 1.165) is 11.4 Å². The smallest absolute Gasteiger partial charge is 0.258 e. The molecule has 29 heavy (non-hydrogen) atoms. The number of amides is 1. The van der Waals surface area contributed by atoms with Gasteiger partial charge in [0.1, 0.15) is 5.82 Å². The predicted octanol–water partition coefficient (Wildman–Crippen LogP) is 5.80. The number of aryl methyl sites for hydroxylation is 1. The van der Waals surface area contributed by atoms with E-state index in [1.807, 2.05) is 55.5 Å². The summed E-state index contributed by atoms with van der Waals surface area (Å²) in [4.78, 5) is 17.3. The average molecular weight is 423 g/mol. The van der Waals surface area contributed by atoms with Crippen LogP contribution in [0, 0.1) is 6.92 Å². The van der Waals surface area contributed by atoms with Crippen LogP contribution in [0.5, 0.6) is 0 Å². The molecule has 4 rings (SSSR count). The third-order valence-corrected chi connectivity index (χ3v) is 4.94. The van der Waals surface area contributed by atoms with Crippen molar-refractivity contribution in [2.24, 2.45) is 0 Å². The summed E-state index contributed by atoms with van der Waals surface area (Å²) in [5.74, 6) is 0.185. The molecule has 0 fully saturated rings. The maximum absolute atomic E-state index is 13.0. The summed E-state index contributed by atoms with van der Waals surface area (Å²) in [7, 11) is 0. The summed E-state index contributed by atoms with van der Waals surface area (Å²) in [5, 5.41) is 8.05. The van der Waals surface area contributed by atoms with Crippen molar-refractivity contribution in [1.29, 1.82) is 0 Å². The predicted molar refractivity (Wildman–Crippen MR) is 116 cm³/mol. The molecule has 0 spiro atoms. The van der Waals surface area contributed by atoms with E-state index in [0.29, 0.717) is 27.7 Å². The number of pyridine rings is 1. The lowest BCUT2D eigenvalue weighted by Crippen LogP contribution is -2.16. The Kier molecular flexibility index (Phi) is 5.34. The first kappa shape index (κ1) is 19.2. The topological polar surface area (TPSA) is 59.8 Å². The van der Waals surface area contributed by atoms with Gasteiger partial charge in [0.25, 0.3) is 5.91 Å². The van der Waals surface area contributed by atoms with Gasteiger partial charge in [-0.2, -0.15) is 5.10 Å². The minimum absolute atomic E-state index is 0.259. The fourth-order valence-corrected chi connectivity index (χ4v) is 3.55. The molecule has 0 saturated heterocycles. The van der Waals surface area contributed by atoms with Gasteiger partial charge in [-0.1, -0.05) is 47.5 Å². The van der Waals surface area contributed by atoms with Gasteiger partial charge in [-0.25, -0.2) is 4.68 Å². The number of para-hydroxylation sites is 1. The minimum Gasteiger partial charge on any atom is -0.306 e. The molecule has 7 heteroatoms. The van der Waals surface area contributed by atoms with Crippen LogP contribution in [0.1, 0.15) is 16.1 Å². The molecule has 1 N–H and O–H groups in total. The van der Waals surface area contributed by atoms with Gasteiger partial charge in [-0.05, 0) is 43.3 Å². The van der Waals surface area contributed by atoms with Gasteiger partial charge in [-0.3, -0.25) is 9.78 Å². The first-order chi connectivity index (χ1) is 14.0.